The molecule has 1 aliphatic heterocycles. The van der Waals surface area contributed by atoms with Crippen molar-refractivity contribution in [1.29, 1.82) is 0 Å². The summed E-state index contributed by atoms with van der Waals surface area (Å²) in [5, 5.41) is 3.23. The van der Waals surface area contributed by atoms with Crippen molar-refractivity contribution < 1.29 is 32.7 Å². The summed E-state index contributed by atoms with van der Waals surface area (Å²) >= 11 is 0. The minimum atomic E-state index is 0. The number of nitrogens with one attached hydrogen (secondary N) is 1. The van der Waals surface area contributed by atoms with Crippen LogP contribution >= 0.6 is 0 Å². The van der Waals surface area contributed by atoms with Gasteiger partial charge in [-0.15, -0.1) is 6.54 Å². The summed E-state index contributed by atoms with van der Waals surface area (Å²) in [5.74, 6) is 0.750. The molecule has 2 heteroatoms. The van der Waals surface area contributed by atoms with Crippen LogP contribution in [0.3, 0.4) is 0 Å². The SMILES string of the molecule is [CH2-]CC1[CH-]CNC1.[Y]. The molecular weight excluding hydrogens is 175 g/mol. The summed E-state index contributed by atoms with van der Waals surface area (Å²) in [6, 6.07) is 0. The van der Waals surface area contributed by atoms with E-state index >= 15 is 0 Å². The molecule has 1 fully saturated rings. The van der Waals surface area contributed by atoms with Crippen LogP contribution in [0, 0.1) is 19.3 Å². The van der Waals surface area contributed by atoms with Gasteiger partial charge in [-0.1, -0.05) is 0 Å². The Bertz CT molecular complexity index is 50.5. The van der Waals surface area contributed by atoms with E-state index in [9.17, 15) is 0 Å². The number of hydrogen-bond donors (Lipinski definition) is 1. The molecule has 1 nitrogen and oxygen atoms in total. The Hall–Kier alpha value is 1.06. The van der Waals surface area contributed by atoms with Crippen LogP contribution in [-0.4, -0.2) is 13.1 Å². The van der Waals surface area contributed by atoms with E-state index in [0.29, 0.717) is 0 Å². The third-order valence-electron chi connectivity index (χ3n) is 1.37. The summed E-state index contributed by atoms with van der Waals surface area (Å²) in [4.78, 5) is 0. The van der Waals surface area contributed by atoms with Crippen LogP contribution in [0.2, 0.25) is 0 Å². The number of rotatable bonds is 1. The van der Waals surface area contributed by atoms with Crippen molar-refractivity contribution in [3.05, 3.63) is 13.3 Å². The Morgan fingerprint density at radius 2 is 2.50 bits per heavy atom. The minimum Gasteiger partial charge on any atom is -0.348 e. The van der Waals surface area contributed by atoms with Crippen molar-refractivity contribution in [3.8, 4) is 0 Å². The molecule has 8 heavy (non-hydrogen) atoms. The standard InChI is InChI=1S/C6H11N.Y/c1-2-6-3-4-7-5-6;/h3,6-7H,1-2,4-5H2;/q-2;. The first kappa shape index (κ1) is 9.06. The molecule has 1 rings (SSSR count). The Morgan fingerprint density at radius 3 is 2.75 bits per heavy atom. The third kappa shape index (κ3) is 2.56. The Labute approximate surface area is 76.5 Å². The van der Waals surface area contributed by atoms with Gasteiger partial charge in [-0.3, -0.25) is 0 Å². The first-order chi connectivity index (χ1) is 3.43. The first-order valence-corrected chi connectivity index (χ1v) is 2.77. The van der Waals surface area contributed by atoms with E-state index < -0.39 is 0 Å². The molecule has 1 N–H and O–H groups in total. The maximum Gasteiger partial charge on any atom is 0 e. The van der Waals surface area contributed by atoms with E-state index in [4.69, 9.17) is 0 Å². The molecule has 0 aromatic carbocycles. The zero-order valence-corrected chi connectivity index (χ0v) is 7.90. The van der Waals surface area contributed by atoms with E-state index in [2.05, 4.69) is 18.7 Å². The summed E-state index contributed by atoms with van der Waals surface area (Å²) < 4.78 is 0. The van der Waals surface area contributed by atoms with Gasteiger partial charge >= 0.3 is 0 Å². The van der Waals surface area contributed by atoms with E-state index in [1.165, 1.54) is 0 Å². The molecule has 0 aromatic heterocycles. The molecule has 0 aliphatic carbocycles. The maximum atomic E-state index is 3.80. The molecule has 0 aromatic rings. The van der Waals surface area contributed by atoms with Crippen molar-refractivity contribution in [2.75, 3.05) is 13.1 Å². The molecular formula is C6H11NY-2. The van der Waals surface area contributed by atoms with Crippen LogP contribution in [-0.2, 0) is 32.7 Å². The van der Waals surface area contributed by atoms with Gasteiger partial charge in [-0.05, 0) is 6.54 Å². The van der Waals surface area contributed by atoms with Gasteiger partial charge in [-0.2, -0.15) is 5.92 Å². The second-order valence-corrected chi connectivity index (χ2v) is 1.94. The minimum absolute atomic E-state index is 0. The molecule has 0 bridgehead atoms. The topological polar surface area (TPSA) is 12.0 Å². The Balaban J connectivity index is 0.000000490. The molecule has 0 spiro atoms. The number of hydrogen-bond acceptors (Lipinski definition) is 1. The van der Waals surface area contributed by atoms with Crippen LogP contribution in [0.1, 0.15) is 6.42 Å². The normalized spacial score (nSPS) is 27.4. The molecule has 1 unspecified atom stereocenters. The van der Waals surface area contributed by atoms with Gasteiger partial charge in [0.05, 0.1) is 0 Å². The Morgan fingerprint density at radius 1 is 1.75 bits per heavy atom. The fourth-order valence-electron chi connectivity index (χ4n) is 0.822. The summed E-state index contributed by atoms with van der Waals surface area (Å²) in [7, 11) is 0. The van der Waals surface area contributed by atoms with Gasteiger partial charge in [0.25, 0.3) is 0 Å². The molecule has 1 radical (unpaired) electrons. The second kappa shape index (κ2) is 4.90. The van der Waals surface area contributed by atoms with E-state index in [0.717, 1.165) is 25.4 Å². The zero-order valence-electron chi connectivity index (χ0n) is 5.06. The monoisotopic (exact) mass is 186 g/mol. The molecule has 1 heterocycles. The van der Waals surface area contributed by atoms with Gasteiger partial charge < -0.3 is 18.7 Å². The molecule has 1 saturated heterocycles. The van der Waals surface area contributed by atoms with Gasteiger partial charge in [0.1, 0.15) is 0 Å². The van der Waals surface area contributed by atoms with Crippen molar-refractivity contribution in [3.63, 3.8) is 0 Å². The summed E-state index contributed by atoms with van der Waals surface area (Å²) in [6.45, 7) is 6.02. The predicted octanol–water partition coefficient (Wildman–Crippen LogP) is 0.632. The van der Waals surface area contributed by atoms with Crippen molar-refractivity contribution >= 4 is 0 Å². The smallest absolute Gasteiger partial charge is 0 e. The van der Waals surface area contributed by atoms with Crippen LogP contribution in [0.5, 0.6) is 0 Å². The zero-order chi connectivity index (χ0) is 5.11. The van der Waals surface area contributed by atoms with E-state index in [-0.39, 0.29) is 32.7 Å². The third-order valence-corrected chi connectivity index (χ3v) is 1.37. The predicted molar refractivity (Wildman–Crippen MR) is 30.6 cm³/mol. The first-order valence-electron chi connectivity index (χ1n) is 2.77. The van der Waals surface area contributed by atoms with Crippen molar-refractivity contribution in [1.82, 2.24) is 5.32 Å². The quantitative estimate of drug-likeness (QED) is 0.592. The fraction of sp³-hybridized carbons (Fsp3) is 0.667. The van der Waals surface area contributed by atoms with Crippen molar-refractivity contribution in [2.45, 2.75) is 6.42 Å². The molecule has 45 valence electrons. The summed E-state index contributed by atoms with van der Waals surface area (Å²) in [5.41, 5.74) is 0. The summed E-state index contributed by atoms with van der Waals surface area (Å²) in [6.07, 6.45) is 3.33. The average Bonchev–Trinajstić information content (AvgIpc) is 2.14. The van der Waals surface area contributed by atoms with Crippen LogP contribution in [0.25, 0.3) is 0 Å². The fourth-order valence-corrected chi connectivity index (χ4v) is 0.822. The molecule has 1 aliphatic rings. The van der Waals surface area contributed by atoms with Crippen molar-refractivity contribution in [2.24, 2.45) is 5.92 Å². The van der Waals surface area contributed by atoms with Crippen LogP contribution in [0.4, 0.5) is 0 Å². The second-order valence-electron chi connectivity index (χ2n) is 1.94. The van der Waals surface area contributed by atoms with E-state index in [1.54, 1.807) is 0 Å². The molecule has 0 saturated carbocycles. The van der Waals surface area contributed by atoms with E-state index in [1.807, 2.05) is 0 Å². The Kier molecular flexibility index (Phi) is 5.55. The van der Waals surface area contributed by atoms with Gasteiger partial charge in [0, 0.05) is 32.7 Å². The average molecular weight is 186 g/mol. The molecule has 0 amide bonds. The van der Waals surface area contributed by atoms with Gasteiger partial charge in [0.15, 0.2) is 0 Å². The maximum absolute atomic E-state index is 3.80. The van der Waals surface area contributed by atoms with Crippen LogP contribution in [0.15, 0.2) is 0 Å². The van der Waals surface area contributed by atoms with Gasteiger partial charge in [0.2, 0.25) is 0 Å². The largest absolute Gasteiger partial charge is 0.348 e. The van der Waals surface area contributed by atoms with Gasteiger partial charge in [-0.25, -0.2) is 6.42 Å². The van der Waals surface area contributed by atoms with Crippen LogP contribution < -0.4 is 5.32 Å². The molecule has 1 atom stereocenters.